The number of benzene rings is 2. The van der Waals surface area contributed by atoms with Gasteiger partial charge in [0.05, 0.1) is 56.4 Å². The van der Waals surface area contributed by atoms with Crippen molar-refractivity contribution in [2.75, 3.05) is 0 Å². The topological polar surface area (TPSA) is 121 Å². The number of aliphatic hydroxyl groups is 1. The smallest absolute Gasteiger partial charge is 0.257 e. The lowest BCUT2D eigenvalue weighted by atomic mass is 9.43. The van der Waals surface area contributed by atoms with Crippen molar-refractivity contribution in [3.8, 4) is 6.07 Å². The lowest BCUT2D eigenvalue weighted by molar-refractivity contribution is -0.169. The van der Waals surface area contributed by atoms with Crippen LogP contribution >= 0.6 is 11.6 Å². The maximum absolute atomic E-state index is 16.7. The van der Waals surface area contributed by atoms with Gasteiger partial charge in [-0.3, -0.25) is 24.2 Å². The molecule has 220 valence electrons. The van der Waals surface area contributed by atoms with Crippen LogP contribution in [0.4, 0.5) is 4.39 Å². The van der Waals surface area contributed by atoms with E-state index in [-0.39, 0.29) is 52.8 Å². The van der Waals surface area contributed by atoms with Crippen molar-refractivity contribution >= 4 is 54.7 Å². The van der Waals surface area contributed by atoms with Gasteiger partial charge in [0, 0.05) is 41.0 Å². The van der Waals surface area contributed by atoms with Gasteiger partial charge in [0.25, 0.3) is 5.91 Å². The number of nitriles is 1. The first kappa shape index (κ1) is 31.8. The normalized spacial score (nSPS) is 18.7. The van der Waals surface area contributed by atoms with Gasteiger partial charge in [-0.25, -0.2) is 4.39 Å². The molecule has 8 radical (unpaired) electrons. The van der Waals surface area contributed by atoms with E-state index in [1.807, 2.05) is 6.07 Å². The highest BCUT2D eigenvalue weighted by Gasteiger charge is 2.65. The van der Waals surface area contributed by atoms with Gasteiger partial charge < -0.3 is 9.84 Å². The van der Waals surface area contributed by atoms with Crippen molar-refractivity contribution in [1.82, 2.24) is 19.7 Å². The molecule has 1 aliphatic heterocycles. The summed E-state index contributed by atoms with van der Waals surface area (Å²) in [7, 11) is 26.7. The predicted molar refractivity (Wildman–Crippen MR) is 168 cm³/mol. The zero-order chi connectivity index (χ0) is 33.2. The summed E-state index contributed by atoms with van der Waals surface area (Å²) in [5.41, 5.74) is -3.54. The molecule has 1 aliphatic carbocycles. The molecule has 0 saturated heterocycles. The fourth-order valence-corrected chi connectivity index (χ4v) is 6.15. The monoisotopic (exact) mass is 625 g/mol. The number of fused-ring (bicyclic) bond motifs is 1. The molecule has 9 nitrogen and oxygen atoms in total. The zero-order valence-electron chi connectivity index (χ0n) is 24.4. The Morgan fingerprint density at radius 1 is 1.13 bits per heavy atom. The molecule has 4 aromatic rings. The maximum Gasteiger partial charge on any atom is 0.257 e. The molecular formula is C31H21B4ClFN5O4. The number of hydrogen-bond acceptors (Lipinski definition) is 7. The van der Waals surface area contributed by atoms with Gasteiger partial charge >= 0.3 is 0 Å². The summed E-state index contributed by atoms with van der Waals surface area (Å²) >= 11 is 6.22. The van der Waals surface area contributed by atoms with E-state index in [1.54, 1.807) is 7.05 Å². The van der Waals surface area contributed by atoms with Crippen molar-refractivity contribution in [2.45, 2.75) is 35.9 Å². The molecule has 0 spiro atoms. The highest BCUT2D eigenvalue weighted by Crippen LogP contribution is 2.61. The van der Waals surface area contributed by atoms with Crippen molar-refractivity contribution in [3.05, 3.63) is 117 Å². The number of carbonyl (C=O) groups is 2. The third-order valence-electron chi connectivity index (χ3n) is 8.60. The molecule has 1 saturated carbocycles. The van der Waals surface area contributed by atoms with Gasteiger partial charge in [0.2, 0.25) is 0 Å². The van der Waals surface area contributed by atoms with E-state index in [1.165, 1.54) is 65.7 Å². The number of aromatic nitrogens is 3. The molecule has 6 rings (SSSR count). The quantitative estimate of drug-likeness (QED) is 0.224. The minimum Gasteiger partial charge on any atom is -0.409 e. The number of aryl methyl sites for hydroxylation is 1. The molecule has 0 bridgehead atoms. The summed E-state index contributed by atoms with van der Waals surface area (Å²) in [4.78, 5) is 33.3. The minimum atomic E-state index is -2.42. The van der Waals surface area contributed by atoms with Crippen molar-refractivity contribution in [3.63, 3.8) is 0 Å². The molecule has 2 aromatic heterocycles. The largest absolute Gasteiger partial charge is 0.409 e. The Kier molecular flexibility index (Phi) is 7.59. The van der Waals surface area contributed by atoms with Crippen LogP contribution in [0.5, 0.6) is 0 Å². The molecule has 0 unspecified atom stereocenters. The van der Waals surface area contributed by atoms with Crippen LogP contribution < -0.4 is 0 Å². The second kappa shape index (κ2) is 11.0. The molecule has 2 aliphatic rings. The molecule has 1 amide bonds. The van der Waals surface area contributed by atoms with E-state index < -0.39 is 39.4 Å². The Balaban J connectivity index is 1.60. The van der Waals surface area contributed by atoms with Gasteiger partial charge in [-0.1, -0.05) is 23.7 Å². The fraction of sp³-hybridized carbons (Fsp3) is 0.258. The molecule has 1 N–H and O–H groups in total. The van der Waals surface area contributed by atoms with Crippen LogP contribution in [-0.2, 0) is 24.1 Å². The number of nitrogens with zero attached hydrogens (tertiary/aromatic N) is 5. The standard InChI is InChI=1S/C31H21B4ClFN5O4/c1-41-15-19(14-40-41)26(43)18-10-23-25(24(37)11-18)29(20-3-5-21(36)6-4-20,46-31(34,35)28(8-9-28)30(32,33)45)42(27(23)44)16-22-7-2-17(12-38)13-39-22/h2-7,10-11,13-15,45H,8-9,16H2,1H3/t29-/m1/s1. The lowest BCUT2D eigenvalue weighted by Crippen LogP contribution is -2.62. The number of pyridine rings is 1. The predicted octanol–water partition coefficient (Wildman–Crippen LogP) is 2.34. The number of carbonyl (C=O) groups excluding carboxylic acids is 2. The molecule has 1 atom stereocenters. The maximum atomic E-state index is 16.7. The Labute approximate surface area is 274 Å². The third-order valence-corrected chi connectivity index (χ3v) is 8.86. The second-order valence-electron chi connectivity index (χ2n) is 11.6. The van der Waals surface area contributed by atoms with Crippen LogP contribution in [0, 0.1) is 22.6 Å². The number of rotatable bonds is 9. The highest BCUT2D eigenvalue weighted by atomic mass is 35.5. The summed E-state index contributed by atoms with van der Waals surface area (Å²) in [5, 5.41) is 19.5. The Bertz CT molecular complexity index is 1920. The van der Waals surface area contributed by atoms with Crippen LogP contribution in [0.15, 0.2) is 67.1 Å². The zero-order valence-corrected chi connectivity index (χ0v) is 25.2. The molecule has 3 heterocycles. The first-order valence-electron chi connectivity index (χ1n) is 14.0. The summed E-state index contributed by atoms with van der Waals surface area (Å²) in [6.45, 7) is -0.300. The average Bonchev–Trinajstić information content (AvgIpc) is 3.70. The minimum absolute atomic E-state index is 0.121. The number of hydrogen-bond donors (Lipinski definition) is 1. The van der Waals surface area contributed by atoms with Gasteiger partial charge in [0.15, 0.2) is 11.5 Å². The second-order valence-corrected chi connectivity index (χ2v) is 12.0. The first-order valence-corrected chi connectivity index (χ1v) is 14.4. The number of halogens is 2. The number of ether oxygens (including phenoxy) is 1. The van der Waals surface area contributed by atoms with E-state index in [9.17, 15) is 20.0 Å². The lowest BCUT2D eigenvalue weighted by Gasteiger charge is -2.51. The first-order chi connectivity index (χ1) is 21.6. The van der Waals surface area contributed by atoms with Crippen LogP contribution in [0.1, 0.15) is 61.5 Å². The van der Waals surface area contributed by atoms with E-state index in [4.69, 9.17) is 47.7 Å². The van der Waals surface area contributed by atoms with Crippen LogP contribution in [0.2, 0.25) is 5.02 Å². The SMILES string of the molecule is [B]C([B])(O)C1(C([B])([B])O[C@]2(c3ccc(Cl)cc3)c3c(F)cc(C(=O)c4cnn(C)c4)cc3C(=O)N2Cc2ccc(C#N)cn2)CC1. The Morgan fingerprint density at radius 3 is 2.37 bits per heavy atom. The van der Waals surface area contributed by atoms with E-state index >= 15 is 4.39 Å². The van der Waals surface area contributed by atoms with Crippen LogP contribution in [-0.4, -0.2) is 78.6 Å². The molecule has 46 heavy (non-hydrogen) atoms. The van der Waals surface area contributed by atoms with Crippen molar-refractivity contribution in [1.29, 1.82) is 5.26 Å². The van der Waals surface area contributed by atoms with Crippen LogP contribution in [0.25, 0.3) is 0 Å². The summed E-state index contributed by atoms with van der Waals surface area (Å²) in [6.07, 6.45) is 4.41. The highest BCUT2D eigenvalue weighted by molar-refractivity contribution is 6.45. The average molecular weight is 625 g/mol. The Hall–Kier alpha value is -4.17. The van der Waals surface area contributed by atoms with Crippen molar-refractivity contribution < 1.29 is 23.8 Å². The van der Waals surface area contributed by atoms with Crippen LogP contribution in [0.3, 0.4) is 0 Å². The van der Waals surface area contributed by atoms with Crippen molar-refractivity contribution in [2.24, 2.45) is 12.5 Å². The van der Waals surface area contributed by atoms with E-state index in [0.29, 0.717) is 10.7 Å². The molecule has 1 fully saturated rings. The molecular weight excluding hydrogens is 604 g/mol. The van der Waals surface area contributed by atoms with Gasteiger partial charge in [-0.15, -0.1) is 0 Å². The molecule has 15 heteroatoms. The summed E-state index contributed by atoms with van der Waals surface area (Å²) in [5.74, 6) is -2.32. The summed E-state index contributed by atoms with van der Waals surface area (Å²) in [6, 6.07) is 13.3. The summed E-state index contributed by atoms with van der Waals surface area (Å²) < 4.78 is 24.7. The van der Waals surface area contributed by atoms with E-state index in [0.717, 1.165) is 11.0 Å². The van der Waals surface area contributed by atoms with Gasteiger partial charge in [-0.2, -0.15) is 10.4 Å². The number of amides is 1. The van der Waals surface area contributed by atoms with Gasteiger partial charge in [0.1, 0.15) is 27.6 Å². The molecule has 2 aromatic carbocycles. The van der Waals surface area contributed by atoms with E-state index in [2.05, 4.69) is 10.1 Å². The van der Waals surface area contributed by atoms with Gasteiger partial charge in [-0.05, 0) is 60.1 Å². The fourth-order valence-electron chi connectivity index (χ4n) is 6.02. The third kappa shape index (κ3) is 4.98. The number of ketones is 1. The Morgan fingerprint density at radius 2 is 1.83 bits per heavy atom.